The van der Waals surface area contributed by atoms with Crippen LogP contribution in [0.4, 0.5) is 4.79 Å². The number of hydrogen-bond donors (Lipinski definition) is 2. The van der Waals surface area contributed by atoms with E-state index in [2.05, 4.69) is 10.3 Å². The molecular formula is C19H20N4O6. The van der Waals surface area contributed by atoms with Crippen LogP contribution in [-0.2, 0) is 30.3 Å². The van der Waals surface area contributed by atoms with Crippen LogP contribution in [0.5, 0.6) is 0 Å². The molecule has 2 heterocycles. The minimum absolute atomic E-state index is 0.0207. The third-order valence-electron chi connectivity index (χ3n) is 4.67. The molecule has 1 aliphatic rings. The van der Waals surface area contributed by atoms with Gasteiger partial charge < -0.3 is 15.0 Å². The molecular weight excluding hydrogens is 380 g/mol. The summed E-state index contributed by atoms with van der Waals surface area (Å²) in [6.45, 7) is 0.898. The van der Waals surface area contributed by atoms with Crippen molar-refractivity contribution in [3.8, 4) is 0 Å². The second kappa shape index (κ2) is 8.13. The summed E-state index contributed by atoms with van der Waals surface area (Å²) >= 11 is 0. The Labute approximate surface area is 165 Å². The highest BCUT2D eigenvalue weighted by Crippen LogP contribution is 2.19. The van der Waals surface area contributed by atoms with E-state index >= 15 is 0 Å². The summed E-state index contributed by atoms with van der Waals surface area (Å²) in [5, 5.41) is 3.38. The summed E-state index contributed by atoms with van der Waals surface area (Å²) in [4.78, 5) is 64.8. The molecule has 2 aromatic rings. The molecule has 0 radical (unpaired) electrons. The Morgan fingerprint density at radius 1 is 1.14 bits per heavy atom. The Morgan fingerprint density at radius 3 is 2.48 bits per heavy atom. The first kappa shape index (κ1) is 20.1. The number of carbonyl (C=O) groups is 5. The zero-order chi connectivity index (χ0) is 21.1. The number of likely N-dealkylation sites (N-methyl/N-ethyl adjacent to an activating group) is 1. The summed E-state index contributed by atoms with van der Waals surface area (Å²) in [6, 6.07) is 5.59. The molecule has 1 fully saturated rings. The SMILES string of the molecule is CCN1C(=O)C(=O)N(CC(=O)N[C@H](Cc2c[nH]c3ccccc23)C(=O)OC)C1=O. The van der Waals surface area contributed by atoms with Crippen LogP contribution < -0.4 is 5.32 Å². The minimum atomic E-state index is -1.07. The summed E-state index contributed by atoms with van der Waals surface area (Å²) in [7, 11) is 1.20. The number of imide groups is 2. The molecule has 1 aromatic carbocycles. The Morgan fingerprint density at radius 2 is 1.83 bits per heavy atom. The number of rotatable bonds is 7. The molecule has 5 amide bonds. The first-order chi connectivity index (χ1) is 13.9. The predicted octanol–water partition coefficient (Wildman–Crippen LogP) is 0.179. The monoisotopic (exact) mass is 400 g/mol. The van der Waals surface area contributed by atoms with Gasteiger partial charge in [0.25, 0.3) is 0 Å². The summed E-state index contributed by atoms with van der Waals surface area (Å²) < 4.78 is 4.76. The molecule has 0 saturated carbocycles. The average molecular weight is 400 g/mol. The fourth-order valence-corrected chi connectivity index (χ4v) is 3.21. The van der Waals surface area contributed by atoms with E-state index in [1.807, 2.05) is 24.3 Å². The van der Waals surface area contributed by atoms with Crippen LogP contribution in [0.15, 0.2) is 30.5 Å². The molecule has 1 aromatic heterocycles. The van der Waals surface area contributed by atoms with Gasteiger partial charge in [-0.1, -0.05) is 18.2 Å². The van der Waals surface area contributed by atoms with Crippen LogP contribution in [0.2, 0.25) is 0 Å². The summed E-state index contributed by atoms with van der Waals surface area (Å²) in [5.74, 6) is -3.48. The Kier molecular flexibility index (Phi) is 5.62. The van der Waals surface area contributed by atoms with E-state index in [4.69, 9.17) is 4.74 Å². The number of esters is 1. The van der Waals surface area contributed by atoms with E-state index in [0.717, 1.165) is 21.4 Å². The van der Waals surface area contributed by atoms with Gasteiger partial charge in [0, 0.05) is 30.1 Å². The van der Waals surface area contributed by atoms with Crippen molar-refractivity contribution in [2.45, 2.75) is 19.4 Å². The van der Waals surface area contributed by atoms with Gasteiger partial charge in [0.2, 0.25) is 5.91 Å². The maximum absolute atomic E-state index is 12.4. The quantitative estimate of drug-likeness (QED) is 0.388. The fourth-order valence-electron chi connectivity index (χ4n) is 3.21. The third kappa shape index (κ3) is 3.82. The number of nitrogens with zero attached hydrogens (tertiary/aromatic N) is 2. The Hall–Kier alpha value is -3.69. The average Bonchev–Trinajstić information content (AvgIpc) is 3.21. The topological polar surface area (TPSA) is 129 Å². The van der Waals surface area contributed by atoms with Gasteiger partial charge in [0.05, 0.1) is 7.11 Å². The molecule has 0 unspecified atom stereocenters. The van der Waals surface area contributed by atoms with E-state index in [0.29, 0.717) is 4.90 Å². The molecule has 1 aliphatic heterocycles. The van der Waals surface area contributed by atoms with E-state index < -0.39 is 42.3 Å². The molecule has 0 spiro atoms. The van der Waals surface area contributed by atoms with Crippen molar-refractivity contribution in [1.29, 1.82) is 0 Å². The number of aromatic amines is 1. The molecule has 1 atom stereocenters. The number of benzene rings is 1. The third-order valence-corrected chi connectivity index (χ3v) is 4.67. The summed E-state index contributed by atoms with van der Waals surface area (Å²) in [6.07, 6.45) is 1.88. The van der Waals surface area contributed by atoms with Gasteiger partial charge in [0.15, 0.2) is 0 Å². The predicted molar refractivity (Wildman–Crippen MR) is 100 cm³/mol. The Balaban J connectivity index is 1.73. The lowest BCUT2D eigenvalue weighted by atomic mass is 10.0. The van der Waals surface area contributed by atoms with Crippen LogP contribution >= 0.6 is 0 Å². The standard InChI is InChI=1S/C19H20N4O6/c1-3-22-16(25)17(26)23(19(22)28)10-15(24)21-14(18(27)29-2)8-11-9-20-13-7-5-4-6-12(11)13/h4-7,9,14,20H,3,8,10H2,1-2H3,(H,21,24)/t14-/m1/s1. The lowest BCUT2D eigenvalue weighted by molar-refractivity contribution is -0.146. The lowest BCUT2D eigenvalue weighted by Crippen LogP contribution is -2.48. The number of urea groups is 1. The van der Waals surface area contributed by atoms with Gasteiger partial charge in [-0.15, -0.1) is 0 Å². The van der Waals surface area contributed by atoms with E-state index in [1.165, 1.54) is 7.11 Å². The van der Waals surface area contributed by atoms with E-state index in [-0.39, 0.29) is 13.0 Å². The number of hydrogen-bond acceptors (Lipinski definition) is 6. The molecule has 0 bridgehead atoms. The van der Waals surface area contributed by atoms with Crippen LogP contribution in [0, 0.1) is 0 Å². The van der Waals surface area contributed by atoms with Gasteiger partial charge >= 0.3 is 23.8 Å². The van der Waals surface area contributed by atoms with Crippen LogP contribution in [0.1, 0.15) is 12.5 Å². The second-order valence-electron chi connectivity index (χ2n) is 6.43. The van der Waals surface area contributed by atoms with Crippen molar-refractivity contribution in [3.63, 3.8) is 0 Å². The van der Waals surface area contributed by atoms with E-state index in [9.17, 15) is 24.0 Å². The smallest absolute Gasteiger partial charge is 0.334 e. The Bertz CT molecular complexity index is 998. The van der Waals surface area contributed by atoms with Crippen molar-refractivity contribution in [2.24, 2.45) is 0 Å². The molecule has 3 rings (SSSR count). The number of ether oxygens (including phenoxy) is 1. The molecule has 1 saturated heterocycles. The van der Waals surface area contributed by atoms with E-state index in [1.54, 1.807) is 13.1 Å². The van der Waals surface area contributed by atoms with Crippen molar-refractivity contribution in [1.82, 2.24) is 20.1 Å². The van der Waals surface area contributed by atoms with Gasteiger partial charge in [-0.25, -0.2) is 14.5 Å². The highest BCUT2D eigenvalue weighted by atomic mass is 16.5. The highest BCUT2D eigenvalue weighted by Gasteiger charge is 2.44. The van der Waals surface area contributed by atoms with Crippen LogP contribution in [-0.4, -0.2) is 70.7 Å². The van der Waals surface area contributed by atoms with Crippen molar-refractivity contribution < 1.29 is 28.7 Å². The first-order valence-electron chi connectivity index (χ1n) is 8.96. The zero-order valence-corrected chi connectivity index (χ0v) is 15.9. The molecule has 0 aliphatic carbocycles. The van der Waals surface area contributed by atoms with Crippen molar-refractivity contribution in [2.75, 3.05) is 20.2 Å². The second-order valence-corrected chi connectivity index (χ2v) is 6.43. The number of aromatic nitrogens is 1. The van der Waals surface area contributed by atoms with Crippen molar-refractivity contribution >= 4 is 40.6 Å². The number of carbonyl (C=O) groups excluding carboxylic acids is 5. The largest absolute Gasteiger partial charge is 0.467 e. The van der Waals surface area contributed by atoms with Gasteiger partial charge in [0.1, 0.15) is 12.6 Å². The maximum atomic E-state index is 12.4. The molecule has 10 nitrogen and oxygen atoms in total. The zero-order valence-electron chi connectivity index (χ0n) is 15.9. The minimum Gasteiger partial charge on any atom is -0.467 e. The first-order valence-corrected chi connectivity index (χ1v) is 8.96. The fraction of sp³-hybridized carbons (Fsp3) is 0.316. The lowest BCUT2D eigenvalue weighted by Gasteiger charge is -2.18. The molecule has 2 N–H and O–H groups in total. The molecule has 29 heavy (non-hydrogen) atoms. The van der Waals surface area contributed by atoms with Crippen molar-refractivity contribution in [3.05, 3.63) is 36.0 Å². The number of H-pyrrole nitrogens is 1. The van der Waals surface area contributed by atoms with Crippen LogP contribution in [0.25, 0.3) is 10.9 Å². The molecule has 152 valence electrons. The number of fused-ring (bicyclic) bond motifs is 1. The number of methoxy groups -OCH3 is 1. The van der Waals surface area contributed by atoms with Gasteiger partial charge in [-0.3, -0.25) is 19.3 Å². The number of amides is 5. The summed E-state index contributed by atoms with van der Waals surface area (Å²) in [5.41, 5.74) is 1.67. The normalized spacial score (nSPS) is 15.2. The number of para-hydroxylation sites is 1. The van der Waals surface area contributed by atoms with Gasteiger partial charge in [-0.05, 0) is 18.6 Å². The van der Waals surface area contributed by atoms with Gasteiger partial charge in [-0.2, -0.15) is 0 Å². The molecule has 10 heteroatoms. The maximum Gasteiger partial charge on any atom is 0.334 e. The number of nitrogens with one attached hydrogen (secondary N) is 2. The van der Waals surface area contributed by atoms with Crippen LogP contribution in [0.3, 0.4) is 0 Å². The highest BCUT2D eigenvalue weighted by molar-refractivity contribution is 6.45.